The Hall–Kier alpha value is -3.41. The summed E-state index contributed by atoms with van der Waals surface area (Å²) in [5, 5.41) is 0. The van der Waals surface area contributed by atoms with Gasteiger partial charge in [-0.25, -0.2) is 4.39 Å². The number of aromatic nitrogens is 1. The molecule has 0 unspecified atom stereocenters. The van der Waals surface area contributed by atoms with Gasteiger partial charge >= 0.3 is 0 Å². The van der Waals surface area contributed by atoms with Crippen molar-refractivity contribution in [2.24, 2.45) is 0 Å². The molecule has 2 heterocycles. The number of carbonyl (C=O) groups excluding carboxylic acids is 1. The Labute approximate surface area is 163 Å². The third-order valence-electron chi connectivity index (χ3n) is 4.73. The maximum Gasteiger partial charge on any atom is 0.253 e. The van der Waals surface area contributed by atoms with Gasteiger partial charge in [-0.05, 0) is 60.7 Å². The van der Waals surface area contributed by atoms with Gasteiger partial charge in [-0.15, -0.1) is 0 Å². The molecule has 142 valence electrons. The van der Waals surface area contributed by atoms with Gasteiger partial charge < -0.3 is 14.5 Å². The van der Waals surface area contributed by atoms with Crippen LogP contribution in [0.4, 0.5) is 10.1 Å². The van der Waals surface area contributed by atoms with Gasteiger partial charge in [0.15, 0.2) is 0 Å². The monoisotopic (exact) mass is 377 g/mol. The smallest absolute Gasteiger partial charge is 0.253 e. The molecular weight excluding hydrogens is 357 g/mol. The van der Waals surface area contributed by atoms with Crippen molar-refractivity contribution in [3.05, 3.63) is 84.4 Å². The Morgan fingerprint density at radius 3 is 2.25 bits per heavy atom. The number of amides is 1. The molecule has 28 heavy (non-hydrogen) atoms. The lowest BCUT2D eigenvalue weighted by Gasteiger charge is -2.36. The summed E-state index contributed by atoms with van der Waals surface area (Å²) in [5.74, 6) is 1.07. The van der Waals surface area contributed by atoms with Crippen LogP contribution in [0.25, 0.3) is 0 Å². The average molecular weight is 377 g/mol. The molecule has 0 spiro atoms. The molecule has 0 saturated carbocycles. The summed E-state index contributed by atoms with van der Waals surface area (Å²) in [7, 11) is 0. The van der Waals surface area contributed by atoms with E-state index in [0.29, 0.717) is 30.2 Å². The first-order valence-corrected chi connectivity index (χ1v) is 9.17. The fourth-order valence-corrected chi connectivity index (χ4v) is 3.21. The van der Waals surface area contributed by atoms with Gasteiger partial charge in [-0.3, -0.25) is 9.78 Å². The first-order chi connectivity index (χ1) is 13.7. The number of anilines is 1. The van der Waals surface area contributed by atoms with E-state index >= 15 is 0 Å². The van der Waals surface area contributed by atoms with E-state index in [1.807, 2.05) is 11.0 Å². The molecular formula is C22H20FN3O2. The predicted molar refractivity (Wildman–Crippen MR) is 105 cm³/mol. The molecule has 0 atom stereocenters. The quantitative estimate of drug-likeness (QED) is 0.690. The molecule has 1 saturated heterocycles. The van der Waals surface area contributed by atoms with Gasteiger partial charge in [0, 0.05) is 43.6 Å². The highest BCUT2D eigenvalue weighted by Crippen LogP contribution is 2.22. The van der Waals surface area contributed by atoms with E-state index in [-0.39, 0.29) is 11.7 Å². The van der Waals surface area contributed by atoms with Crippen LogP contribution in [-0.2, 0) is 0 Å². The fraction of sp³-hybridized carbons (Fsp3) is 0.182. The van der Waals surface area contributed by atoms with Gasteiger partial charge in [-0.1, -0.05) is 0 Å². The first-order valence-electron chi connectivity index (χ1n) is 9.17. The van der Waals surface area contributed by atoms with Crippen LogP contribution in [0.5, 0.6) is 11.5 Å². The largest absolute Gasteiger partial charge is 0.456 e. The lowest BCUT2D eigenvalue weighted by Crippen LogP contribution is -2.48. The molecule has 0 N–H and O–H groups in total. The summed E-state index contributed by atoms with van der Waals surface area (Å²) < 4.78 is 18.8. The second-order valence-corrected chi connectivity index (χ2v) is 6.57. The molecule has 0 aliphatic carbocycles. The van der Waals surface area contributed by atoms with Gasteiger partial charge in [0.25, 0.3) is 5.91 Å². The average Bonchev–Trinajstić information content (AvgIpc) is 2.75. The Bertz CT molecular complexity index is 922. The number of carbonyl (C=O) groups is 1. The highest BCUT2D eigenvalue weighted by atomic mass is 19.1. The Morgan fingerprint density at radius 1 is 0.893 bits per heavy atom. The number of piperazine rings is 1. The van der Waals surface area contributed by atoms with Crippen LogP contribution in [0, 0.1) is 5.82 Å². The standard InChI is InChI=1S/C22H20FN3O2/c23-18-5-7-19(8-6-18)25-12-14-26(15-13-25)22(27)17-3-9-20(10-4-17)28-21-2-1-11-24-16-21/h1-11,16H,12-15H2. The Kier molecular flexibility index (Phi) is 5.19. The van der Waals surface area contributed by atoms with Crippen molar-refractivity contribution in [2.75, 3.05) is 31.1 Å². The topological polar surface area (TPSA) is 45.7 Å². The minimum Gasteiger partial charge on any atom is -0.456 e. The minimum absolute atomic E-state index is 0.00619. The molecule has 1 fully saturated rings. The van der Waals surface area contributed by atoms with Gasteiger partial charge in [0.1, 0.15) is 17.3 Å². The summed E-state index contributed by atoms with van der Waals surface area (Å²) in [5.41, 5.74) is 1.61. The maximum absolute atomic E-state index is 13.1. The summed E-state index contributed by atoms with van der Waals surface area (Å²) in [6, 6.07) is 17.2. The predicted octanol–water partition coefficient (Wildman–Crippen LogP) is 3.98. The number of nitrogens with zero attached hydrogens (tertiary/aromatic N) is 3. The minimum atomic E-state index is -0.242. The second kappa shape index (κ2) is 8.08. The zero-order chi connectivity index (χ0) is 19.3. The lowest BCUT2D eigenvalue weighted by molar-refractivity contribution is 0.0747. The SMILES string of the molecule is O=C(c1ccc(Oc2cccnc2)cc1)N1CCN(c2ccc(F)cc2)CC1. The molecule has 1 aliphatic heterocycles. The van der Waals surface area contributed by atoms with Gasteiger partial charge in [-0.2, -0.15) is 0 Å². The van der Waals surface area contributed by atoms with E-state index in [4.69, 9.17) is 4.74 Å². The summed E-state index contributed by atoms with van der Waals surface area (Å²) >= 11 is 0. The normalized spacial score (nSPS) is 14.0. The number of halogens is 1. The highest BCUT2D eigenvalue weighted by Gasteiger charge is 2.22. The summed E-state index contributed by atoms with van der Waals surface area (Å²) in [6.45, 7) is 2.70. The van der Waals surface area contributed by atoms with Crippen molar-refractivity contribution in [1.82, 2.24) is 9.88 Å². The van der Waals surface area contributed by atoms with E-state index in [1.165, 1.54) is 12.1 Å². The highest BCUT2D eigenvalue weighted by molar-refractivity contribution is 5.94. The molecule has 1 amide bonds. The van der Waals surface area contributed by atoms with Crippen LogP contribution in [0.3, 0.4) is 0 Å². The number of hydrogen-bond donors (Lipinski definition) is 0. The summed E-state index contributed by atoms with van der Waals surface area (Å²) in [6.07, 6.45) is 3.32. The van der Waals surface area contributed by atoms with Crippen LogP contribution in [0.15, 0.2) is 73.1 Å². The molecule has 6 heteroatoms. The molecule has 1 aromatic heterocycles. The van der Waals surface area contributed by atoms with Crippen molar-refractivity contribution < 1.29 is 13.9 Å². The molecule has 0 radical (unpaired) electrons. The van der Waals surface area contributed by atoms with Crippen molar-refractivity contribution >= 4 is 11.6 Å². The third kappa shape index (κ3) is 4.11. The Balaban J connectivity index is 1.35. The van der Waals surface area contributed by atoms with Crippen LogP contribution >= 0.6 is 0 Å². The molecule has 1 aliphatic rings. The molecule has 4 rings (SSSR count). The van der Waals surface area contributed by atoms with Crippen molar-refractivity contribution in [3.8, 4) is 11.5 Å². The van der Waals surface area contributed by atoms with E-state index in [2.05, 4.69) is 9.88 Å². The molecule has 3 aromatic rings. The molecule has 5 nitrogen and oxygen atoms in total. The fourth-order valence-electron chi connectivity index (χ4n) is 3.21. The molecule has 2 aromatic carbocycles. The summed E-state index contributed by atoms with van der Waals surface area (Å²) in [4.78, 5) is 20.8. The van der Waals surface area contributed by atoms with Crippen molar-refractivity contribution in [3.63, 3.8) is 0 Å². The van der Waals surface area contributed by atoms with Crippen molar-refractivity contribution in [2.45, 2.75) is 0 Å². The third-order valence-corrected chi connectivity index (χ3v) is 4.73. The number of rotatable bonds is 4. The van der Waals surface area contributed by atoms with E-state index in [1.54, 1.807) is 54.9 Å². The van der Waals surface area contributed by atoms with Crippen LogP contribution in [0.2, 0.25) is 0 Å². The van der Waals surface area contributed by atoms with Gasteiger partial charge in [0.05, 0.1) is 6.20 Å². The zero-order valence-corrected chi connectivity index (χ0v) is 15.3. The maximum atomic E-state index is 13.1. The number of benzene rings is 2. The number of ether oxygens (including phenoxy) is 1. The van der Waals surface area contributed by atoms with Gasteiger partial charge in [0.2, 0.25) is 0 Å². The van der Waals surface area contributed by atoms with Crippen LogP contribution < -0.4 is 9.64 Å². The van der Waals surface area contributed by atoms with Crippen molar-refractivity contribution in [1.29, 1.82) is 0 Å². The molecule has 0 bridgehead atoms. The zero-order valence-electron chi connectivity index (χ0n) is 15.3. The van der Waals surface area contributed by atoms with E-state index in [0.717, 1.165) is 18.8 Å². The number of hydrogen-bond acceptors (Lipinski definition) is 4. The van der Waals surface area contributed by atoms with Crippen LogP contribution in [-0.4, -0.2) is 42.0 Å². The lowest BCUT2D eigenvalue weighted by atomic mass is 10.1. The Morgan fingerprint density at radius 2 is 1.61 bits per heavy atom. The van der Waals surface area contributed by atoms with E-state index in [9.17, 15) is 9.18 Å². The first kappa shape index (κ1) is 18.0. The number of pyridine rings is 1. The van der Waals surface area contributed by atoms with Crippen LogP contribution in [0.1, 0.15) is 10.4 Å². The van der Waals surface area contributed by atoms with E-state index < -0.39 is 0 Å². The second-order valence-electron chi connectivity index (χ2n) is 6.57.